The summed E-state index contributed by atoms with van der Waals surface area (Å²) in [6, 6.07) is 3.42. The predicted molar refractivity (Wildman–Crippen MR) is 73.6 cm³/mol. The highest BCUT2D eigenvalue weighted by atomic mass is 19.4. The molecule has 1 aromatic rings. The van der Waals surface area contributed by atoms with E-state index in [0.29, 0.717) is 30.8 Å². The monoisotopic (exact) mass is 304 g/mol. The summed E-state index contributed by atoms with van der Waals surface area (Å²) in [6.07, 6.45) is -4.19. The fourth-order valence-electron chi connectivity index (χ4n) is 2.73. The van der Waals surface area contributed by atoms with Gasteiger partial charge in [0.25, 0.3) is 0 Å². The van der Waals surface area contributed by atoms with E-state index in [9.17, 15) is 17.6 Å². The Morgan fingerprint density at radius 1 is 1.24 bits per heavy atom. The van der Waals surface area contributed by atoms with Gasteiger partial charge in [0.1, 0.15) is 5.82 Å². The van der Waals surface area contributed by atoms with E-state index in [2.05, 4.69) is 5.32 Å². The third-order valence-electron chi connectivity index (χ3n) is 3.84. The minimum atomic E-state index is -4.19. The molecule has 6 heteroatoms. The van der Waals surface area contributed by atoms with Crippen LogP contribution in [0.1, 0.15) is 16.7 Å². The van der Waals surface area contributed by atoms with Gasteiger partial charge in [0.15, 0.2) is 0 Å². The Morgan fingerprint density at radius 3 is 2.43 bits per heavy atom. The van der Waals surface area contributed by atoms with Gasteiger partial charge in [-0.25, -0.2) is 4.39 Å². The second kappa shape index (κ2) is 6.32. The minimum absolute atomic E-state index is 0.0219. The molecule has 0 aliphatic carbocycles. The lowest BCUT2D eigenvalue weighted by molar-refractivity contribution is -0.176. The second-order valence-electron chi connectivity index (χ2n) is 5.72. The molecule has 0 amide bonds. The van der Waals surface area contributed by atoms with Gasteiger partial charge in [-0.05, 0) is 30.5 Å². The van der Waals surface area contributed by atoms with E-state index < -0.39 is 12.1 Å². The zero-order chi connectivity index (χ0) is 15.6. The molecule has 1 unspecified atom stereocenters. The summed E-state index contributed by atoms with van der Waals surface area (Å²) >= 11 is 0. The number of nitrogens with one attached hydrogen (secondary N) is 1. The molecule has 1 aliphatic heterocycles. The first-order valence-corrected chi connectivity index (χ1v) is 7.03. The number of nitrogens with zero attached hydrogens (tertiary/aromatic N) is 1. The molecule has 0 bridgehead atoms. The van der Waals surface area contributed by atoms with Crippen molar-refractivity contribution in [3.8, 4) is 0 Å². The first kappa shape index (κ1) is 16.2. The number of benzene rings is 1. The molecule has 1 atom stereocenters. The number of hydrogen-bond donors (Lipinski definition) is 1. The van der Waals surface area contributed by atoms with E-state index in [1.165, 1.54) is 0 Å². The summed E-state index contributed by atoms with van der Waals surface area (Å²) in [6.45, 7) is 4.79. The Morgan fingerprint density at radius 2 is 1.86 bits per heavy atom. The molecule has 2 rings (SSSR count). The number of alkyl halides is 3. The van der Waals surface area contributed by atoms with Crippen LogP contribution in [0.25, 0.3) is 0 Å². The number of halogens is 4. The van der Waals surface area contributed by atoms with Crippen molar-refractivity contribution in [1.82, 2.24) is 10.2 Å². The van der Waals surface area contributed by atoms with Gasteiger partial charge in [-0.2, -0.15) is 13.2 Å². The van der Waals surface area contributed by atoms with Gasteiger partial charge in [-0.1, -0.05) is 12.1 Å². The fraction of sp³-hybridized carbons (Fsp3) is 0.600. The first-order valence-electron chi connectivity index (χ1n) is 7.03. The van der Waals surface area contributed by atoms with Crippen molar-refractivity contribution < 1.29 is 17.6 Å². The predicted octanol–water partition coefficient (Wildman–Crippen LogP) is 3.03. The van der Waals surface area contributed by atoms with Crippen LogP contribution in [0.2, 0.25) is 0 Å². The molecular weight excluding hydrogens is 284 g/mol. The Kier molecular flexibility index (Phi) is 4.88. The number of hydrogen-bond acceptors (Lipinski definition) is 2. The first-order chi connectivity index (χ1) is 9.77. The molecule has 0 radical (unpaired) electrons. The number of rotatable bonds is 2. The van der Waals surface area contributed by atoms with Crippen molar-refractivity contribution in [3.05, 3.63) is 34.6 Å². The van der Waals surface area contributed by atoms with Gasteiger partial charge >= 0.3 is 6.18 Å². The van der Waals surface area contributed by atoms with Crippen LogP contribution in [0.15, 0.2) is 12.1 Å². The second-order valence-corrected chi connectivity index (χ2v) is 5.72. The lowest BCUT2D eigenvalue weighted by Gasteiger charge is -2.25. The molecule has 1 saturated heterocycles. The summed E-state index contributed by atoms with van der Waals surface area (Å²) in [7, 11) is 0. The zero-order valence-corrected chi connectivity index (χ0v) is 12.2. The van der Waals surface area contributed by atoms with E-state index in [1.54, 1.807) is 30.9 Å². The third-order valence-corrected chi connectivity index (χ3v) is 3.84. The van der Waals surface area contributed by atoms with Crippen molar-refractivity contribution in [2.45, 2.75) is 26.6 Å². The van der Waals surface area contributed by atoms with E-state index in [1.807, 2.05) is 0 Å². The Balaban J connectivity index is 2.11. The summed E-state index contributed by atoms with van der Waals surface area (Å²) in [5, 5.41) is 2.83. The third kappa shape index (κ3) is 4.17. The largest absolute Gasteiger partial charge is 0.394 e. The maximum atomic E-state index is 13.6. The van der Waals surface area contributed by atoms with Gasteiger partial charge in [0.05, 0.1) is 5.92 Å². The van der Waals surface area contributed by atoms with Gasteiger partial charge in [-0.15, -0.1) is 0 Å². The molecule has 118 valence electrons. The van der Waals surface area contributed by atoms with Gasteiger partial charge < -0.3 is 5.32 Å². The molecule has 0 saturated carbocycles. The van der Waals surface area contributed by atoms with Crippen LogP contribution in [0.4, 0.5) is 17.6 Å². The van der Waals surface area contributed by atoms with E-state index in [4.69, 9.17) is 0 Å². The molecule has 1 aliphatic rings. The van der Waals surface area contributed by atoms with Crippen molar-refractivity contribution in [2.24, 2.45) is 5.92 Å². The van der Waals surface area contributed by atoms with Crippen LogP contribution in [0.5, 0.6) is 0 Å². The molecule has 1 aromatic carbocycles. The van der Waals surface area contributed by atoms with Crippen molar-refractivity contribution >= 4 is 0 Å². The maximum absolute atomic E-state index is 13.6. The van der Waals surface area contributed by atoms with Crippen LogP contribution in [-0.2, 0) is 6.54 Å². The summed E-state index contributed by atoms with van der Waals surface area (Å²) in [5.41, 5.74) is 1.92. The maximum Gasteiger partial charge on any atom is 0.394 e. The summed E-state index contributed by atoms with van der Waals surface area (Å²) in [5.74, 6) is -1.60. The van der Waals surface area contributed by atoms with Crippen LogP contribution < -0.4 is 5.32 Å². The highest BCUT2D eigenvalue weighted by Crippen LogP contribution is 2.28. The van der Waals surface area contributed by atoms with E-state index in [0.717, 1.165) is 5.56 Å². The zero-order valence-electron chi connectivity index (χ0n) is 12.2. The van der Waals surface area contributed by atoms with Gasteiger partial charge in [0.2, 0.25) is 0 Å². The average Bonchev–Trinajstić information content (AvgIpc) is 2.61. The van der Waals surface area contributed by atoms with Crippen LogP contribution in [0, 0.1) is 25.6 Å². The highest BCUT2D eigenvalue weighted by Gasteiger charge is 2.40. The quantitative estimate of drug-likeness (QED) is 0.845. The Bertz CT molecular complexity index is 476. The highest BCUT2D eigenvalue weighted by molar-refractivity contribution is 5.30. The van der Waals surface area contributed by atoms with Crippen LogP contribution in [0.3, 0.4) is 0 Å². The van der Waals surface area contributed by atoms with Crippen molar-refractivity contribution in [2.75, 3.05) is 26.2 Å². The van der Waals surface area contributed by atoms with Crippen LogP contribution >= 0.6 is 0 Å². The molecular formula is C15H20F4N2. The van der Waals surface area contributed by atoms with Gasteiger partial charge in [0, 0.05) is 32.7 Å². The lowest BCUT2D eigenvalue weighted by atomic mass is 10.0. The Hall–Kier alpha value is -1.14. The smallest absolute Gasteiger partial charge is 0.315 e. The van der Waals surface area contributed by atoms with E-state index in [-0.39, 0.29) is 18.9 Å². The lowest BCUT2D eigenvalue weighted by Crippen LogP contribution is -2.37. The fourth-order valence-corrected chi connectivity index (χ4v) is 2.73. The van der Waals surface area contributed by atoms with Crippen molar-refractivity contribution in [3.63, 3.8) is 0 Å². The normalized spacial score (nSPS) is 21.3. The summed E-state index contributed by atoms with van der Waals surface area (Å²) in [4.78, 5) is 1.78. The van der Waals surface area contributed by atoms with Crippen LogP contribution in [-0.4, -0.2) is 37.3 Å². The SMILES string of the molecule is Cc1cc(CN2CCNCC(C(F)(F)F)C2)cc(C)c1F. The standard InChI is InChI=1S/C15H20F4N2/c1-10-5-12(6-11(2)14(10)16)8-21-4-3-20-7-13(9-21)15(17,18)19/h5-6,13,20H,3-4,7-9H2,1-2H3. The molecule has 0 aromatic heterocycles. The Labute approximate surface area is 122 Å². The minimum Gasteiger partial charge on any atom is -0.315 e. The molecule has 2 nitrogen and oxygen atoms in total. The van der Waals surface area contributed by atoms with Gasteiger partial charge in [-0.3, -0.25) is 4.90 Å². The van der Waals surface area contributed by atoms with Crippen molar-refractivity contribution in [1.29, 1.82) is 0 Å². The van der Waals surface area contributed by atoms with E-state index >= 15 is 0 Å². The number of aryl methyl sites for hydroxylation is 2. The molecule has 1 heterocycles. The summed E-state index contributed by atoms with van der Waals surface area (Å²) < 4.78 is 52.3. The topological polar surface area (TPSA) is 15.3 Å². The molecule has 1 fully saturated rings. The molecule has 21 heavy (non-hydrogen) atoms. The molecule has 1 N–H and O–H groups in total. The molecule has 0 spiro atoms. The average molecular weight is 304 g/mol.